The monoisotopic (exact) mass is 295 g/mol. The lowest BCUT2D eigenvalue weighted by Crippen LogP contribution is -2.38. The normalized spacial score (nSPS) is 21.7. The number of rotatable bonds is 9. The highest BCUT2D eigenvalue weighted by molar-refractivity contribution is 7.47. The lowest BCUT2D eigenvalue weighted by molar-refractivity contribution is -0.0132. The molecule has 4 unspecified atom stereocenters. The molecule has 0 aromatic rings. The highest BCUT2D eigenvalue weighted by Gasteiger charge is 2.38. The molecule has 0 radical (unpaired) electrons. The van der Waals surface area contributed by atoms with Crippen LogP contribution in [0.2, 0.25) is 0 Å². The quantitative estimate of drug-likeness (QED) is 0.639. The molecule has 0 saturated carbocycles. The SMILES string of the molecule is CCNC(C)C(C)OP(=O)(O)OC(C)(CC)C(C)C. The Kier molecular flexibility index (Phi) is 7.78. The van der Waals surface area contributed by atoms with E-state index in [-0.39, 0.29) is 12.0 Å². The summed E-state index contributed by atoms with van der Waals surface area (Å²) in [5.74, 6) is 0.128. The molecule has 6 heteroatoms. The molecule has 0 bridgehead atoms. The maximum Gasteiger partial charge on any atom is 0.473 e. The van der Waals surface area contributed by atoms with Crippen molar-refractivity contribution in [3.8, 4) is 0 Å². The van der Waals surface area contributed by atoms with Gasteiger partial charge in [0.15, 0.2) is 0 Å². The third-order valence-corrected chi connectivity index (χ3v) is 5.02. The first kappa shape index (κ1) is 19.1. The summed E-state index contributed by atoms with van der Waals surface area (Å²) in [7, 11) is -4.06. The molecule has 0 aliphatic carbocycles. The molecule has 19 heavy (non-hydrogen) atoms. The van der Waals surface area contributed by atoms with Crippen molar-refractivity contribution in [2.75, 3.05) is 6.54 Å². The maximum atomic E-state index is 12.1. The molecule has 0 heterocycles. The Morgan fingerprint density at radius 2 is 1.79 bits per heavy atom. The Labute approximate surface area is 117 Å². The van der Waals surface area contributed by atoms with E-state index in [0.29, 0.717) is 6.42 Å². The Morgan fingerprint density at radius 3 is 2.16 bits per heavy atom. The van der Waals surface area contributed by atoms with Crippen molar-refractivity contribution in [2.45, 2.75) is 72.6 Å². The molecule has 0 fully saturated rings. The molecule has 116 valence electrons. The first-order valence-corrected chi connectivity index (χ1v) is 8.52. The van der Waals surface area contributed by atoms with Crippen molar-refractivity contribution in [3.63, 3.8) is 0 Å². The van der Waals surface area contributed by atoms with Gasteiger partial charge in [-0.25, -0.2) is 4.57 Å². The topological polar surface area (TPSA) is 67.8 Å². The van der Waals surface area contributed by atoms with Crippen LogP contribution in [0.25, 0.3) is 0 Å². The number of likely N-dealkylation sites (N-methyl/N-ethyl adjacent to an activating group) is 1. The summed E-state index contributed by atoms with van der Waals surface area (Å²) < 4.78 is 22.7. The van der Waals surface area contributed by atoms with Gasteiger partial charge in [-0.05, 0) is 39.7 Å². The van der Waals surface area contributed by atoms with Gasteiger partial charge in [-0.2, -0.15) is 0 Å². The van der Waals surface area contributed by atoms with Crippen molar-refractivity contribution in [2.24, 2.45) is 5.92 Å². The van der Waals surface area contributed by atoms with Gasteiger partial charge in [-0.15, -0.1) is 0 Å². The predicted molar refractivity (Wildman–Crippen MR) is 78.1 cm³/mol. The first-order chi connectivity index (χ1) is 8.58. The summed E-state index contributed by atoms with van der Waals surface area (Å²) in [5, 5.41) is 3.15. The molecule has 5 nitrogen and oxygen atoms in total. The number of phosphoric acid groups is 1. The Hall–Kier alpha value is 0.0700. The summed E-state index contributed by atoms with van der Waals surface area (Å²) >= 11 is 0. The van der Waals surface area contributed by atoms with E-state index in [0.717, 1.165) is 6.54 Å². The van der Waals surface area contributed by atoms with Crippen LogP contribution in [-0.4, -0.2) is 29.2 Å². The van der Waals surface area contributed by atoms with E-state index >= 15 is 0 Å². The summed E-state index contributed by atoms with van der Waals surface area (Å²) in [6.07, 6.45) is 0.250. The lowest BCUT2D eigenvalue weighted by atomic mass is 9.90. The zero-order chi connectivity index (χ0) is 15.3. The van der Waals surface area contributed by atoms with Crippen molar-refractivity contribution >= 4 is 7.82 Å². The zero-order valence-corrected chi connectivity index (χ0v) is 14.2. The van der Waals surface area contributed by atoms with Gasteiger partial charge in [-0.1, -0.05) is 27.7 Å². The summed E-state index contributed by atoms with van der Waals surface area (Å²) in [4.78, 5) is 9.90. The van der Waals surface area contributed by atoms with Crippen LogP contribution in [-0.2, 0) is 13.6 Å². The van der Waals surface area contributed by atoms with Gasteiger partial charge in [-0.3, -0.25) is 9.05 Å². The van der Waals surface area contributed by atoms with Crippen LogP contribution in [0, 0.1) is 5.92 Å². The molecular formula is C13H30NO4P. The Bertz CT molecular complexity index is 311. The van der Waals surface area contributed by atoms with E-state index in [1.54, 1.807) is 6.92 Å². The molecule has 0 rings (SSSR count). The molecule has 0 aromatic carbocycles. The fraction of sp³-hybridized carbons (Fsp3) is 1.00. The van der Waals surface area contributed by atoms with Crippen molar-refractivity contribution < 1.29 is 18.5 Å². The standard InChI is InChI=1S/C13H30NO4P/c1-8-13(7,10(3)4)18-19(15,16)17-12(6)11(5)14-9-2/h10-12,14H,8-9H2,1-7H3,(H,15,16). The second-order valence-electron chi connectivity index (χ2n) is 5.54. The molecule has 0 saturated heterocycles. The second-order valence-corrected chi connectivity index (χ2v) is 6.87. The van der Waals surface area contributed by atoms with Gasteiger partial charge in [0.25, 0.3) is 0 Å². The van der Waals surface area contributed by atoms with E-state index in [4.69, 9.17) is 9.05 Å². The predicted octanol–water partition coefficient (Wildman–Crippen LogP) is 3.33. The van der Waals surface area contributed by atoms with Gasteiger partial charge < -0.3 is 10.2 Å². The van der Waals surface area contributed by atoms with Crippen molar-refractivity contribution in [1.82, 2.24) is 5.32 Å². The third-order valence-electron chi connectivity index (χ3n) is 3.78. The average Bonchev–Trinajstić information content (AvgIpc) is 2.27. The van der Waals surface area contributed by atoms with Crippen LogP contribution >= 0.6 is 7.82 Å². The lowest BCUT2D eigenvalue weighted by Gasteiger charge is -2.35. The molecule has 0 amide bonds. The molecule has 0 aliphatic rings. The second kappa shape index (κ2) is 7.75. The van der Waals surface area contributed by atoms with Crippen LogP contribution in [0.3, 0.4) is 0 Å². The highest BCUT2D eigenvalue weighted by atomic mass is 31.2. The van der Waals surface area contributed by atoms with Crippen LogP contribution in [0.4, 0.5) is 0 Å². The number of nitrogens with one attached hydrogen (secondary N) is 1. The highest BCUT2D eigenvalue weighted by Crippen LogP contribution is 2.51. The maximum absolute atomic E-state index is 12.1. The number of hydrogen-bond donors (Lipinski definition) is 2. The van der Waals surface area contributed by atoms with Crippen LogP contribution < -0.4 is 5.32 Å². The van der Waals surface area contributed by atoms with Gasteiger partial charge in [0, 0.05) is 6.04 Å². The minimum Gasteiger partial charge on any atom is -0.312 e. The zero-order valence-electron chi connectivity index (χ0n) is 13.3. The van der Waals surface area contributed by atoms with Crippen LogP contribution in [0.15, 0.2) is 0 Å². The first-order valence-electron chi connectivity index (χ1n) is 7.03. The molecule has 0 aliphatic heterocycles. The molecule has 0 aromatic heterocycles. The van der Waals surface area contributed by atoms with Crippen LogP contribution in [0.1, 0.15) is 54.9 Å². The van der Waals surface area contributed by atoms with Gasteiger partial charge in [0.1, 0.15) is 0 Å². The Balaban J connectivity index is 4.67. The Morgan fingerprint density at radius 1 is 1.26 bits per heavy atom. The third kappa shape index (κ3) is 6.37. The fourth-order valence-corrected chi connectivity index (χ4v) is 3.17. The van der Waals surface area contributed by atoms with E-state index < -0.39 is 19.5 Å². The fourth-order valence-electron chi connectivity index (χ4n) is 1.65. The van der Waals surface area contributed by atoms with E-state index in [2.05, 4.69) is 5.32 Å². The molecular weight excluding hydrogens is 265 g/mol. The number of hydrogen-bond acceptors (Lipinski definition) is 4. The minimum absolute atomic E-state index is 0.0130. The van der Waals surface area contributed by atoms with Gasteiger partial charge in [0.05, 0.1) is 11.7 Å². The van der Waals surface area contributed by atoms with Crippen molar-refractivity contribution in [1.29, 1.82) is 0 Å². The van der Waals surface area contributed by atoms with Gasteiger partial charge >= 0.3 is 7.82 Å². The molecule has 0 spiro atoms. The van der Waals surface area contributed by atoms with Crippen molar-refractivity contribution in [3.05, 3.63) is 0 Å². The molecule has 2 N–H and O–H groups in total. The largest absolute Gasteiger partial charge is 0.473 e. The van der Waals surface area contributed by atoms with Crippen LogP contribution in [0.5, 0.6) is 0 Å². The molecule has 4 atom stereocenters. The summed E-state index contributed by atoms with van der Waals surface area (Å²) in [5.41, 5.74) is -0.661. The summed E-state index contributed by atoms with van der Waals surface area (Å²) in [6, 6.07) is -0.0130. The van der Waals surface area contributed by atoms with E-state index in [1.807, 2.05) is 41.5 Å². The van der Waals surface area contributed by atoms with Gasteiger partial charge in [0.2, 0.25) is 0 Å². The minimum atomic E-state index is -4.06. The smallest absolute Gasteiger partial charge is 0.312 e. The summed E-state index contributed by atoms with van der Waals surface area (Å²) in [6.45, 7) is 14.1. The number of phosphoric ester groups is 1. The van der Waals surface area contributed by atoms with E-state index in [9.17, 15) is 9.46 Å². The van der Waals surface area contributed by atoms with E-state index in [1.165, 1.54) is 0 Å². The average molecular weight is 295 g/mol.